The summed E-state index contributed by atoms with van der Waals surface area (Å²) < 4.78 is 0. The molecule has 14 heavy (non-hydrogen) atoms. The molecule has 82 valence electrons. The highest BCUT2D eigenvalue weighted by molar-refractivity contribution is 5.78. The number of rotatable bonds is 6. The van der Waals surface area contributed by atoms with E-state index in [4.69, 9.17) is 5.11 Å². The number of hydrogen-bond acceptors (Lipinski definition) is 3. The Morgan fingerprint density at radius 1 is 1.50 bits per heavy atom. The van der Waals surface area contributed by atoms with E-state index in [1.54, 1.807) is 13.8 Å². The minimum atomic E-state index is -0.516. The lowest BCUT2D eigenvalue weighted by Crippen LogP contribution is -2.49. The summed E-state index contributed by atoms with van der Waals surface area (Å²) in [6.45, 7) is 4.84. The van der Waals surface area contributed by atoms with Crippen LogP contribution in [0.25, 0.3) is 0 Å². The van der Waals surface area contributed by atoms with E-state index >= 15 is 0 Å². The Morgan fingerprint density at radius 3 is 2.64 bits per heavy atom. The van der Waals surface area contributed by atoms with E-state index in [0.717, 1.165) is 12.5 Å². The zero-order chi connectivity index (χ0) is 10.6. The first-order valence-corrected chi connectivity index (χ1v) is 5.16. The van der Waals surface area contributed by atoms with Crippen LogP contribution in [0, 0.1) is 5.92 Å². The van der Waals surface area contributed by atoms with E-state index in [1.807, 2.05) is 0 Å². The van der Waals surface area contributed by atoms with Crippen molar-refractivity contribution < 1.29 is 9.90 Å². The van der Waals surface area contributed by atoms with Crippen molar-refractivity contribution >= 4 is 5.91 Å². The minimum absolute atomic E-state index is 0.0403. The molecule has 0 atom stereocenters. The van der Waals surface area contributed by atoms with E-state index in [2.05, 4.69) is 10.6 Å². The van der Waals surface area contributed by atoms with Crippen molar-refractivity contribution in [3.8, 4) is 0 Å². The van der Waals surface area contributed by atoms with E-state index in [1.165, 1.54) is 12.8 Å². The molecular weight excluding hydrogens is 180 g/mol. The van der Waals surface area contributed by atoms with Gasteiger partial charge in [-0.05, 0) is 39.2 Å². The zero-order valence-electron chi connectivity index (χ0n) is 8.97. The molecule has 3 N–H and O–H groups in total. The average Bonchev–Trinajstić information content (AvgIpc) is 2.87. The zero-order valence-corrected chi connectivity index (χ0v) is 8.97. The lowest BCUT2D eigenvalue weighted by molar-refractivity contribution is -0.122. The molecule has 0 bridgehead atoms. The topological polar surface area (TPSA) is 61.4 Å². The summed E-state index contributed by atoms with van der Waals surface area (Å²) in [5.74, 6) is 0.735. The molecule has 0 aromatic carbocycles. The third-order valence-electron chi connectivity index (χ3n) is 2.29. The Kier molecular flexibility index (Phi) is 3.89. The predicted molar refractivity (Wildman–Crippen MR) is 54.9 cm³/mol. The summed E-state index contributed by atoms with van der Waals surface area (Å²) in [5, 5.41) is 14.8. The van der Waals surface area contributed by atoms with Crippen molar-refractivity contribution in [1.29, 1.82) is 0 Å². The number of aliphatic hydroxyl groups excluding tert-OH is 1. The molecule has 1 aliphatic rings. The van der Waals surface area contributed by atoms with Crippen LogP contribution in [0.4, 0.5) is 0 Å². The predicted octanol–water partition coefficient (Wildman–Crippen LogP) is -0.127. The van der Waals surface area contributed by atoms with Gasteiger partial charge in [-0.2, -0.15) is 0 Å². The first kappa shape index (κ1) is 11.5. The van der Waals surface area contributed by atoms with E-state index in [-0.39, 0.29) is 12.5 Å². The molecule has 0 radical (unpaired) electrons. The third-order valence-corrected chi connectivity index (χ3v) is 2.29. The largest absolute Gasteiger partial charge is 0.394 e. The van der Waals surface area contributed by atoms with Gasteiger partial charge < -0.3 is 15.7 Å². The molecule has 4 nitrogen and oxygen atoms in total. The first-order chi connectivity index (χ1) is 6.53. The molecule has 1 saturated carbocycles. The summed E-state index contributed by atoms with van der Waals surface area (Å²) in [6.07, 6.45) is 2.58. The van der Waals surface area contributed by atoms with Gasteiger partial charge in [-0.3, -0.25) is 4.79 Å². The molecule has 0 heterocycles. The highest BCUT2D eigenvalue weighted by Crippen LogP contribution is 2.27. The van der Waals surface area contributed by atoms with Crippen LogP contribution in [0.3, 0.4) is 0 Å². The van der Waals surface area contributed by atoms with Gasteiger partial charge >= 0.3 is 0 Å². The Labute approximate surface area is 85.1 Å². The van der Waals surface area contributed by atoms with Gasteiger partial charge in [0, 0.05) is 0 Å². The number of aliphatic hydroxyl groups is 1. The molecule has 0 aromatic rings. The molecule has 1 aliphatic carbocycles. The van der Waals surface area contributed by atoms with Crippen molar-refractivity contribution in [3.05, 3.63) is 0 Å². The Balaban J connectivity index is 2.07. The molecule has 0 aromatic heterocycles. The Bertz CT molecular complexity index is 200. The maximum absolute atomic E-state index is 11.3. The summed E-state index contributed by atoms with van der Waals surface area (Å²) >= 11 is 0. The maximum atomic E-state index is 11.3. The van der Waals surface area contributed by atoms with Crippen LogP contribution in [0.1, 0.15) is 26.7 Å². The molecule has 4 heteroatoms. The molecule has 0 unspecified atom stereocenters. The van der Waals surface area contributed by atoms with Gasteiger partial charge in [-0.1, -0.05) is 0 Å². The SMILES string of the molecule is CC(C)(CO)NC(=O)CNCC1CC1. The van der Waals surface area contributed by atoms with Crippen LogP contribution >= 0.6 is 0 Å². The average molecular weight is 200 g/mol. The summed E-state index contributed by atoms with van der Waals surface area (Å²) in [5.41, 5.74) is -0.516. The molecule has 0 saturated heterocycles. The van der Waals surface area contributed by atoms with Gasteiger partial charge in [0.15, 0.2) is 0 Å². The number of carbonyl (C=O) groups is 1. The van der Waals surface area contributed by atoms with Crippen LogP contribution in [0.2, 0.25) is 0 Å². The van der Waals surface area contributed by atoms with E-state index in [9.17, 15) is 4.79 Å². The molecule has 0 aliphatic heterocycles. The fourth-order valence-corrected chi connectivity index (χ4v) is 1.17. The van der Waals surface area contributed by atoms with Crippen LogP contribution in [-0.4, -0.2) is 36.2 Å². The second-order valence-corrected chi connectivity index (χ2v) is 4.66. The van der Waals surface area contributed by atoms with E-state index < -0.39 is 5.54 Å². The monoisotopic (exact) mass is 200 g/mol. The van der Waals surface area contributed by atoms with Crippen molar-refractivity contribution in [2.75, 3.05) is 19.7 Å². The molecule has 1 amide bonds. The molecule has 1 fully saturated rings. The summed E-state index contributed by atoms with van der Waals surface area (Å²) in [4.78, 5) is 11.3. The lowest BCUT2D eigenvalue weighted by atomic mass is 10.1. The second-order valence-electron chi connectivity index (χ2n) is 4.66. The van der Waals surface area contributed by atoms with Crippen LogP contribution < -0.4 is 10.6 Å². The third kappa shape index (κ3) is 4.58. The van der Waals surface area contributed by atoms with Gasteiger partial charge in [0.25, 0.3) is 0 Å². The van der Waals surface area contributed by atoms with Crippen molar-refractivity contribution in [1.82, 2.24) is 10.6 Å². The fraction of sp³-hybridized carbons (Fsp3) is 0.900. The minimum Gasteiger partial charge on any atom is -0.394 e. The number of carbonyl (C=O) groups excluding carboxylic acids is 1. The van der Waals surface area contributed by atoms with Crippen molar-refractivity contribution in [2.45, 2.75) is 32.2 Å². The molecule has 0 spiro atoms. The van der Waals surface area contributed by atoms with Gasteiger partial charge in [-0.15, -0.1) is 0 Å². The normalized spacial score (nSPS) is 16.8. The number of nitrogens with one attached hydrogen (secondary N) is 2. The quantitative estimate of drug-likeness (QED) is 0.560. The standard InChI is InChI=1S/C10H20N2O2/c1-10(2,7-13)12-9(14)6-11-5-8-3-4-8/h8,11,13H,3-7H2,1-2H3,(H,12,14). The van der Waals surface area contributed by atoms with Crippen LogP contribution in [0.15, 0.2) is 0 Å². The van der Waals surface area contributed by atoms with Crippen LogP contribution in [0.5, 0.6) is 0 Å². The van der Waals surface area contributed by atoms with E-state index in [0.29, 0.717) is 6.54 Å². The maximum Gasteiger partial charge on any atom is 0.234 e. The highest BCUT2D eigenvalue weighted by atomic mass is 16.3. The van der Waals surface area contributed by atoms with Crippen LogP contribution in [-0.2, 0) is 4.79 Å². The Morgan fingerprint density at radius 2 is 2.14 bits per heavy atom. The smallest absolute Gasteiger partial charge is 0.234 e. The molecular formula is C10H20N2O2. The van der Waals surface area contributed by atoms with Gasteiger partial charge in [0.2, 0.25) is 5.91 Å². The molecule has 1 rings (SSSR count). The Hall–Kier alpha value is -0.610. The van der Waals surface area contributed by atoms with Crippen molar-refractivity contribution in [2.24, 2.45) is 5.92 Å². The second kappa shape index (κ2) is 4.75. The number of hydrogen-bond donors (Lipinski definition) is 3. The highest BCUT2D eigenvalue weighted by Gasteiger charge is 2.22. The van der Waals surface area contributed by atoms with Gasteiger partial charge in [0.05, 0.1) is 18.7 Å². The van der Waals surface area contributed by atoms with Crippen molar-refractivity contribution in [3.63, 3.8) is 0 Å². The first-order valence-electron chi connectivity index (χ1n) is 5.16. The number of amides is 1. The summed E-state index contributed by atoms with van der Waals surface area (Å²) in [7, 11) is 0. The lowest BCUT2D eigenvalue weighted by Gasteiger charge is -2.23. The fourth-order valence-electron chi connectivity index (χ4n) is 1.17. The van der Waals surface area contributed by atoms with Gasteiger partial charge in [-0.25, -0.2) is 0 Å². The summed E-state index contributed by atoms with van der Waals surface area (Å²) in [6, 6.07) is 0. The van der Waals surface area contributed by atoms with Gasteiger partial charge in [0.1, 0.15) is 0 Å².